The van der Waals surface area contributed by atoms with Crippen molar-refractivity contribution in [2.75, 3.05) is 5.32 Å². The van der Waals surface area contributed by atoms with Crippen molar-refractivity contribution < 1.29 is 9.21 Å². The van der Waals surface area contributed by atoms with Gasteiger partial charge in [0, 0.05) is 32.0 Å². The smallest absolute Gasteiger partial charge is 0.408 e. The van der Waals surface area contributed by atoms with Crippen LogP contribution in [0, 0.1) is 0 Å². The summed E-state index contributed by atoms with van der Waals surface area (Å²) in [4.78, 5) is 32.3. The van der Waals surface area contributed by atoms with Gasteiger partial charge in [-0.1, -0.05) is 0 Å². The van der Waals surface area contributed by atoms with Crippen molar-refractivity contribution in [1.82, 2.24) is 19.1 Å². The predicted octanol–water partition coefficient (Wildman–Crippen LogP) is 1.67. The molecular formula is C16H13N5O3. The molecule has 4 rings (SSSR count). The molecular weight excluding hydrogens is 310 g/mol. The summed E-state index contributed by atoms with van der Waals surface area (Å²) in [5, 5.41) is 2.77. The molecule has 0 aliphatic heterocycles. The first kappa shape index (κ1) is 14.2. The maximum absolute atomic E-state index is 12.4. The van der Waals surface area contributed by atoms with Crippen molar-refractivity contribution >= 4 is 33.9 Å². The molecule has 1 amide bonds. The van der Waals surface area contributed by atoms with E-state index in [1.807, 2.05) is 7.05 Å². The fraction of sp³-hybridized carbons (Fsp3) is 0.125. The number of aryl methyl sites for hydroxylation is 2. The third-order valence-corrected chi connectivity index (χ3v) is 3.86. The van der Waals surface area contributed by atoms with Crippen molar-refractivity contribution in [1.29, 1.82) is 0 Å². The first-order valence-corrected chi connectivity index (χ1v) is 7.21. The fourth-order valence-electron chi connectivity index (χ4n) is 2.56. The number of aromatic nitrogens is 4. The maximum atomic E-state index is 12.4. The second kappa shape index (κ2) is 5.05. The molecule has 0 bridgehead atoms. The van der Waals surface area contributed by atoms with Crippen LogP contribution >= 0.6 is 0 Å². The second-order valence-corrected chi connectivity index (χ2v) is 5.49. The van der Waals surface area contributed by atoms with Crippen molar-refractivity contribution in [3.63, 3.8) is 0 Å². The summed E-state index contributed by atoms with van der Waals surface area (Å²) in [6.45, 7) is 0. The molecule has 120 valence electrons. The molecule has 1 aromatic carbocycles. The van der Waals surface area contributed by atoms with Gasteiger partial charge in [-0.3, -0.25) is 9.36 Å². The number of rotatable bonds is 2. The number of oxazole rings is 1. The lowest BCUT2D eigenvalue weighted by atomic mass is 10.2. The summed E-state index contributed by atoms with van der Waals surface area (Å²) in [6, 6.07) is 6.72. The van der Waals surface area contributed by atoms with Crippen molar-refractivity contribution in [2.45, 2.75) is 0 Å². The van der Waals surface area contributed by atoms with E-state index >= 15 is 0 Å². The normalized spacial score (nSPS) is 11.2. The minimum absolute atomic E-state index is 0.312. The largest absolute Gasteiger partial charge is 0.419 e. The summed E-state index contributed by atoms with van der Waals surface area (Å²) in [6.07, 6.45) is 3.14. The number of nitrogens with one attached hydrogen (secondary N) is 1. The Kier molecular flexibility index (Phi) is 2.99. The molecule has 3 heterocycles. The molecule has 0 fully saturated rings. The zero-order valence-electron chi connectivity index (χ0n) is 13.0. The van der Waals surface area contributed by atoms with Gasteiger partial charge in [-0.05, 0) is 18.2 Å². The van der Waals surface area contributed by atoms with Gasteiger partial charge in [-0.25, -0.2) is 14.8 Å². The lowest BCUT2D eigenvalue weighted by Gasteiger charge is -2.05. The van der Waals surface area contributed by atoms with Crippen LogP contribution in [0.5, 0.6) is 0 Å². The zero-order valence-corrected chi connectivity index (χ0v) is 13.0. The number of carbonyl (C=O) groups excluding carboxylic acids is 1. The van der Waals surface area contributed by atoms with E-state index in [-0.39, 0.29) is 5.91 Å². The summed E-state index contributed by atoms with van der Waals surface area (Å²) < 4.78 is 8.30. The average molecular weight is 323 g/mol. The lowest BCUT2D eigenvalue weighted by Crippen LogP contribution is -2.12. The van der Waals surface area contributed by atoms with Gasteiger partial charge in [0.2, 0.25) is 0 Å². The number of pyridine rings is 1. The predicted molar refractivity (Wildman–Crippen MR) is 87.9 cm³/mol. The highest BCUT2D eigenvalue weighted by atomic mass is 16.4. The van der Waals surface area contributed by atoms with Crippen molar-refractivity contribution in [2.24, 2.45) is 14.1 Å². The first-order chi connectivity index (χ1) is 11.5. The molecule has 0 atom stereocenters. The summed E-state index contributed by atoms with van der Waals surface area (Å²) in [5.41, 5.74) is 3.36. The Morgan fingerprint density at radius 1 is 1.21 bits per heavy atom. The Morgan fingerprint density at radius 3 is 2.88 bits per heavy atom. The monoisotopic (exact) mass is 323 g/mol. The van der Waals surface area contributed by atoms with Gasteiger partial charge in [0.1, 0.15) is 5.52 Å². The highest BCUT2D eigenvalue weighted by Crippen LogP contribution is 2.19. The highest BCUT2D eigenvalue weighted by Gasteiger charge is 2.12. The van der Waals surface area contributed by atoms with Crippen LogP contribution in [0.15, 0.2) is 46.0 Å². The number of hydrogen-bond donors (Lipinski definition) is 1. The van der Waals surface area contributed by atoms with Gasteiger partial charge in [0.15, 0.2) is 11.2 Å². The highest BCUT2D eigenvalue weighted by molar-refractivity contribution is 6.05. The Hall–Kier alpha value is -3.42. The van der Waals surface area contributed by atoms with Gasteiger partial charge >= 0.3 is 5.76 Å². The van der Waals surface area contributed by atoms with Crippen LogP contribution in [0.25, 0.3) is 22.3 Å². The first-order valence-electron chi connectivity index (χ1n) is 7.21. The molecule has 0 aliphatic rings. The number of fused-ring (bicyclic) bond motifs is 2. The van der Waals surface area contributed by atoms with Gasteiger partial charge < -0.3 is 14.3 Å². The van der Waals surface area contributed by atoms with E-state index in [4.69, 9.17) is 4.42 Å². The minimum Gasteiger partial charge on any atom is -0.408 e. The zero-order chi connectivity index (χ0) is 16.8. The molecule has 4 aromatic rings. The van der Waals surface area contributed by atoms with Crippen LogP contribution in [0.2, 0.25) is 0 Å². The lowest BCUT2D eigenvalue weighted by molar-refractivity contribution is 0.102. The van der Waals surface area contributed by atoms with E-state index in [1.54, 1.807) is 42.2 Å². The summed E-state index contributed by atoms with van der Waals surface area (Å²) >= 11 is 0. The third-order valence-electron chi connectivity index (χ3n) is 3.86. The topological polar surface area (TPSA) is 95.0 Å². The van der Waals surface area contributed by atoms with Crippen molar-refractivity contribution in [3.8, 4) is 0 Å². The third kappa shape index (κ3) is 2.16. The Morgan fingerprint density at radius 2 is 2.04 bits per heavy atom. The van der Waals surface area contributed by atoms with E-state index in [1.165, 1.54) is 10.8 Å². The van der Waals surface area contributed by atoms with Gasteiger partial charge in [-0.15, -0.1) is 0 Å². The number of benzene rings is 1. The minimum atomic E-state index is -0.446. The summed E-state index contributed by atoms with van der Waals surface area (Å²) in [5.74, 6) is -0.758. The van der Waals surface area contributed by atoms with Crippen LogP contribution in [0.1, 0.15) is 10.4 Å². The van der Waals surface area contributed by atoms with E-state index in [9.17, 15) is 9.59 Å². The van der Waals surface area contributed by atoms with Crippen molar-refractivity contribution in [3.05, 3.63) is 52.9 Å². The number of imidazole rings is 1. The van der Waals surface area contributed by atoms with E-state index in [0.717, 1.165) is 0 Å². The maximum Gasteiger partial charge on any atom is 0.419 e. The molecule has 0 unspecified atom stereocenters. The Bertz CT molecular complexity index is 1150. The molecule has 0 saturated heterocycles. The van der Waals surface area contributed by atoms with Crippen LogP contribution < -0.4 is 11.1 Å². The second-order valence-electron chi connectivity index (χ2n) is 5.49. The number of nitrogens with zero attached hydrogens (tertiary/aromatic N) is 4. The van der Waals surface area contributed by atoms with E-state index < -0.39 is 5.76 Å². The van der Waals surface area contributed by atoms with Crippen LogP contribution in [0.4, 0.5) is 5.69 Å². The molecule has 0 saturated carbocycles. The molecule has 0 radical (unpaired) electrons. The SMILES string of the molecule is Cn1cnc2cc(C(=O)Nc3ccc4c(c3)oc(=O)n4C)cnc21. The molecule has 0 aliphatic carbocycles. The van der Waals surface area contributed by atoms with E-state index in [0.29, 0.717) is 33.5 Å². The van der Waals surface area contributed by atoms with Gasteiger partial charge in [-0.2, -0.15) is 0 Å². The van der Waals surface area contributed by atoms with Crippen LogP contribution in [0.3, 0.4) is 0 Å². The molecule has 8 heteroatoms. The molecule has 3 aromatic heterocycles. The van der Waals surface area contributed by atoms with Crippen LogP contribution in [-0.4, -0.2) is 25.0 Å². The van der Waals surface area contributed by atoms with E-state index in [2.05, 4.69) is 15.3 Å². The molecule has 24 heavy (non-hydrogen) atoms. The standard InChI is InChI=1S/C16H13N5O3/c1-20-8-18-11-5-9(7-17-14(11)20)15(22)19-10-3-4-12-13(6-10)24-16(23)21(12)2/h3-8H,1-2H3,(H,19,22). The van der Waals surface area contributed by atoms with Gasteiger partial charge in [0.25, 0.3) is 5.91 Å². The number of anilines is 1. The Balaban J connectivity index is 1.65. The summed E-state index contributed by atoms with van der Waals surface area (Å²) in [7, 11) is 3.46. The quantitative estimate of drug-likeness (QED) is 0.605. The molecule has 0 spiro atoms. The molecule has 1 N–H and O–H groups in total. The number of carbonyl (C=O) groups is 1. The Labute approximate surface area is 135 Å². The average Bonchev–Trinajstić information content (AvgIpc) is 3.07. The number of amides is 1. The van der Waals surface area contributed by atoms with Gasteiger partial charge in [0.05, 0.1) is 17.4 Å². The molecule has 8 nitrogen and oxygen atoms in total. The fourth-order valence-corrected chi connectivity index (χ4v) is 2.56. The number of hydrogen-bond acceptors (Lipinski definition) is 5. The van der Waals surface area contributed by atoms with Crippen LogP contribution in [-0.2, 0) is 14.1 Å².